The van der Waals surface area contributed by atoms with Gasteiger partial charge >= 0.3 is 5.97 Å². The summed E-state index contributed by atoms with van der Waals surface area (Å²) in [4.78, 5) is 26.4. The molecule has 2 fully saturated rings. The number of rotatable bonds is 4. The predicted octanol–water partition coefficient (Wildman–Crippen LogP) is 4.43. The highest BCUT2D eigenvalue weighted by molar-refractivity contribution is 9.10. The molecule has 2 aliphatic rings. The molecular weight excluding hydrogens is 394 g/mol. The van der Waals surface area contributed by atoms with Gasteiger partial charge in [0.05, 0.1) is 0 Å². The number of fused-ring (bicyclic) bond motifs is 2. The molecule has 5 heteroatoms. The minimum Gasteiger partial charge on any atom is -0.452 e. The van der Waals surface area contributed by atoms with Crippen LogP contribution >= 0.6 is 15.9 Å². The first-order valence-electron chi connectivity index (χ1n) is 9.06. The highest BCUT2D eigenvalue weighted by Gasteiger charge is 2.50. The standard InChI is InChI=1S/C21H26BrNO3/c1-20(2)10-17-11-21(3,13-20)14-23(17)18(24)12-26-19(25)8-7-15-5-4-6-16(22)9-15/h4-9,17H,10-14H2,1-3H3/b8-7+/t17-,21+/m1/s1. The highest BCUT2D eigenvalue weighted by Crippen LogP contribution is 2.52. The third-order valence-corrected chi connectivity index (χ3v) is 5.83. The van der Waals surface area contributed by atoms with Gasteiger partial charge < -0.3 is 9.64 Å². The lowest BCUT2D eigenvalue weighted by atomic mass is 9.65. The average molecular weight is 420 g/mol. The second kappa shape index (κ2) is 7.18. The van der Waals surface area contributed by atoms with Crippen molar-refractivity contribution in [3.63, 3.8) is 0 Å². The zero-order valence-corrected chi connectivity index (χ0v) is 17.2. The summed E-state index contributed by atoms with van der Waals surface area (Å²) in [5.74, 6) is -0.576. The molecule has 1 aromatic carbocycles. The van der Waals surface area contributed by atoms with E-state index in [1.807, 2.05) is 29.2 Å². The number of carbonyl (C=O) groups is 2. The van der Waals surface area contributed by atoms with Gasteiger partial charge in [0.2, 0.25) is 0 Å². The topological polar surface area (TPSA) is 46.6 Å². The number of amides is 1. The monoisotopic (exact) mass is 419 g/mol. The SMILES string of the molecule is CC1(C)C[C@@H]2C[C@](C)(CN2C(=O)COC(=O)/C=C/c2cccc(Br)c2)C1. The summed E-state index contributed by atoms with van der Waals surface area (Å²) in [7, 11) is 0. The van der Waals surface area contributed by atoms with Gasteiger partial charge in [-0.05, 0) is 53.9 Å². The number of hydrogen-bond acceptors (Lipinski definition) is 3. The molecule has 0 aromatic heterocycles. The van der Waals surface area contributed by atoms with Crippen LogP contribution < -0.4 is 0 Å². The molecule has 4 nitrogen and oxygen atoms in total. The molecule has 1 saturated heterocycles. The van der Waals surface area contributed by atoms with E-state index in [2.05, 4.69) is 36.7 Å². The molecular formula is C21H26BrNO3. The summed E-state index contributed by atoms with van der Waals surface area (Å²) in [6.45, 7) is 7.40. The number of esters is 1. The average Bonchev–Trinajstić information content (AvgIpc) is 2.79. The molecule has 1 heterocycles. The van der Waals surface area contributed by atoms with Crippen molar-refractivity contribution in [3.05, 3.63) is 40.4 Å². The number of nitrogens with zero attached hydrogens (tertiary/aromatic N) is 1. The van der Waals surface area contributed by atoms with Crippen molar-refractivity contribution in [2.24, 2.45) is 10.8 Å². The van der Waals surface area contributed by atoms with Crippen LogP contribution in [-0.4, -0.2) is 36.0 Å². The van der Waals surface area contributed by atoms with Gasteiger partial charge in [-0.3, -0.25) is 4.79 Å². The normalized spacial score (nSPS) is 26.9. The van der Waals surface area contributed by atoms with E-state index in [-0.39, 0.29) is 29.4 Å². The Morgan fingerprint density at radius 1 is 1.31 bits per heavy atom. The lowest BCUT2D eigenvalue weighted by molar-refractivity contribution is -0.148. The first kappa shape index (κ1) is 19.2. The van der Waals surface area contributed by atoms with Gasteiger partial charge in [0.25, 0.3) is 5.91 Å². The first-order valence-corrected chi connectivity index (χ1v) is 9.85. The molecule has 0 unspecified atom stereocenters. The Morgan fingerprint density at radius 3 is 2.81 bits per heavy atom. The molecule has 0 N–H and O–H groups in total. The second-order valence-electron chi connectivity index (χ2n) is 8.73. The van der Waals surface area contributed by atoms with Gasteiger partial charge in [-0.25, -0.2) is 4.79 Å². The fourth-order valence-electron chi connectivity index (χ4n) is 4.79. The number of benzene rings is 1. The number of likely N-dealkylation sites (tertiary alicyclic amines) is 1. The maximum atomic E-state index is 12.6. The molecule has 26 heavy (non-hydrogen) atoms. The lowest BCUT2D eigenvalue weighted by Crippen LogP contribution is -2.39. The molecule has 0 radical (unpaired) electrons. The molecule has 1 aliphatic heterocycles. The van der Waals surface area contributed by atoms with Crippen LogP contribution in [0.5, 0.6) is 0 Å². The van der Waals surface area contributed by atoms with Crippen LogP contribution in [0.4, 0.5) is 0 Å². The minimum absolute atomic E-state index is 0.0827. The summed E-state index contributed by atoms with van der Waals surface area (Å²) in [6.07, 6.45) is 6.26. The fourth-order valence-corrected chi connectivity index (χ4v) is 5.21. The van der Waals surface area contributed by atoms with Crippen LogP contribution in [0.15, 0.2) is 34.8 Å². The number of halogens is 1. The van der Waals surface area contributed by atoms with Crippen LogP contribution in [0.2, 0.25) is 0 Å². The molecule has 2 atom stereocenters. The van der Waals surface area contributed by atoms with E-state index in [1.165, 1.54) is 6.08 Å². The van der Waals surface area contributed by atoms with E-state index >= 15 is 0 Å². The van der Waals surface area contributed by atoms with Crippen LogP contribution in [0.1, 0.15) is 45.6 Å². The Kier molecular flexibility index (Phi) is 5.29. The van der Waals surface area contributed by atoms with E-state index in [9.17, 15) is 9.59 Å². The third kappa shape index (κ3) is 4.56. The minimum atomic E-state index is -0.493. The molecule has 1 aliphatic carbocycles. The molecule has 3 rings (SSSR count). The Morgan fingerprint density at radius 2 is 2.08 bits per heavy atom. The van der Waals surface area contributed by atoms with Crippen LogP contribution in [-0.2, 0) is 14.3 Å². The van der Waals surface area contributed by atoms with Gasteiger partial charge in [0.15, 0.2) is 6.61 Å². The van der Waals surface area contributed by atoms with Crippen LogP contribution in [0.25, 0.3) is 6.08 Å². The number of carbonyl (C=O) groups excluding carboxylic acids is 2. The quantitative estimate of drug-likeness (QED) is 0.535. The van der Waals surface area contributed by atoms with Gasteiger partial charge in [-0.15, -0.1) is 0 Å². The first-order chi connectivity index (χ1) is 12.2. The van der Waals surface area contributed by atoms with Crippen LogP contribution in [0, 0.1) is 10.8 Å². The summed E-state index contributed by atoms with van der Waals surface area (Å²) in [6, 6.07) is 7.88. The van der Waals surface area contributed by atoms with Crippen molar-refractivity contribution in [2.75, 3.05) is 13.2 Å². The van der Waals surface area contributed by atoms with Gasteiger partial charge in [0.1, 0.15) is 0 Å². The second-order valence-corrected chi connectivity index (χ2v) is 9.65. The van der Waals surface area contributed by atoms with Crippen LogP contribution in [0.3, 0.4) is 0 Å². The zero-order valence-electron chi connectivity index (χ0n) is 15.6. The van der Waals surface area contributed by atoms with Crippen molar-refractivity contribution < 1.29 is 14.3 Å². The van der Waals surface area contributed by atoms with Gasteiger partial charge in [0, 0.05) is 23.1 Å². The zero-order chi connectivity index (χ0) is 18.9. The maximum Gasteiger partial charge on any atom is 0.331 e. The Hall–Kier alpha value is -1.62. The third-order valence-electron chi connectivity index (χ3n) is 5.33. The molecule has 1 aromatic rings. The molecule has 1 saturated carbocycles. The largest absolute Gasteiger partial charge is 0.452 e. The Bertz CT molecular complexity index is 743. The van der Waals surface area contributed by atoms with E-state index < -0.39 is 5.97 Å². The van der Waals surface area contributed by atoms with E-state index in [0.717, 1.165) is 35.8 Å². The highest BCUT2D eigenvalue weighted by atomic mass is 79.9. The predicted molar refractivity (Wildman–Crippen MR) is 105 cm³/mol. The number of ether oxygens (including phenoxy) is 1. The van der Waals surface area contributed by atoms with Crippen molar-refractivity contribution in [3.8, 4) is 0 Å². The molecule has 0 spiro atoms. The van der Waals surface area contributed by atoms with E-state index in [1.54, 1.807) is 6.08 Å². The van der Waals surface area contributed by atoms with Gasteiger partial charge in [-0.1, -0.05) is 48.8 Å². The summed E-state index contributed by atoms with van der Waals surface area (Å²) in [5.41, 5.74) is 1.34. The summed E-state index contributed by atoms with van der Waals surface area (Å²) >= 11 is 3.39. The number of hydrogen-bond donors (Lipinski definition) is 0. The van der Waals surface area contributed by atoms with Gasteiger partial charge in [-0.2, -0.15) is 0 Å². The molecule has 140 valence electrons. The molecule has 2 bridgehead atoms. The Labute approximate surface area is 163 Å². The van der Waals surface area contributed by atoms with E-state index in [0.29, 0.717) is 0 Å². The van der Waals surface area contributed by atoms with Crippen molar-refractivity contribution in [2.45, 2.75) is 46.1 Å². The lowest BCUT2D eigenvalue weighted by Gasteiger charge is -2.39. The molecule has 1 amide bonds. The summed E-state index contributed by atoms with van der Waals surface area (Å²) in [5, 5.41) is 0. The van der Waals surface area contributed by atoms with Crippen molar-refractivity contribution >= 4 is 33.9 Å². The smallest absolute Gasteiger partial charge is 0.331 e. The maximum absolute atomic E-state index is 12.6. The fraction of sp³-hybridized carbons (Fsp3) is 0.524. The van der Waals surface area contributed by atoms with Crippen molar-refractivity contribution in [1.29, 1.82) is 0 Å². The summed E-state index contributed by atoms with van der Waals surface area (Å²) < 4.78 is 6.12. The van der Waals surface area contributed by atoms with E-state index in [4.69, 9.17) is 4.74 Å². The Balaban J connectivity index is 1.53. The van der Waals surface area contributed by atoms with Crippen molar-refractivity contribution in [1.82, 2.24) is 4.90 Å².